The summed E-state index contributed by atoms with van der Waals surface area (Å²) in [6, 6.07) is 5.88. The number of aryl methyl sites for hydroxylation is 1. The first-order valence-electron chi connectivity index (χ1n) is 8.80. The molecule has 1 aliphatic carbocycles. The Morgan fingerprint density at radius 2 is 2.11 bits per heavy atom. The highest BCUT2D eigenvalue weighted by molar-refractivity contribution is 5.75. The first-order valence-corrected chi connectivity index (χ1v) is 8.80. The van der Waals surface area contributed by atoms with E-state index in [1.54, 1.807) is 12.1 Å². The molecule has 1 N–H and O–H groups in total. The van der Waals surface area contributed by atoms with Crippen LogP contribution in [0.3, 0.4) is 0 Å². The van der Waals surface area contributed by atoms with Crippen LogP contribution < -0.4 is 5.32 Å². The average Bonchev–Trinajstić information content (AvgIpc) is 3.23. The Morgan fingerprint density at radius 3 is 2.89 bits per heavy atom. The van der Waals surface area contributed by atoms with E-state index in [2.05, 4.69) is 30.9 Å². The molecular formula is C17H18FN7O2. The lowest BCUT2D eigenvalue weighted by molar-refractivity contribution is -0.121. The van der Waals surface area contributed by atoms with Crippen LogP contribution in [0.5, 0.6) is 0 Å². The van der Waals surface area contributed by atoms with Crippen molar-refractivity contribution in [2.75, 3.05) is 0 Å². The molecule has 1 fully saturated rings. The minimum absolute atomic E-state index is 0.105. The predicted molar refractivity (Wildman–Crippen MR) is 90.6 cm³/mol. The maximum atomic E-state index is 12.9. The van der Waals surface area contributed by atoms with Crippen LogP contribution in [-0.4, -0.2) is 36.3 Å². The number of nitrogens with zero attached hydrogens (tertiary/aromatic N) is 6. The SMILES string of the molecule is O=C(CCCn1nnc(-c2ccc(F)cc2)n1)NCc1noc(C2CC2)n1. The van der Waals surface area contributed by atoms with Crippen molar-refractivity contribution in [3.05, 3.63) is 41.8 Å². The molecule has 0 unspecified atom stereocenters. The van der Waals surface area contributed by atoms with Gasteiger partial charge in [0.1, 0.15) is 5.82 Å². The lowest BCUT2D eigenvalue weighted by atomic mass is 10.2. The molecule has 0 atom stereocenters. The van der Waals surface area contributed by atoms with Crippen LogP contribution in [0.15, 0.2) is 28.8 Å². The minimum Gasteiger partial charge on any atom is -0.349 e. The highest BCUT2D eigenvalue weighted by Gasteiger charge is 2.29. The molecule has 1 aromatic carbocycles. The van der Waals surface area contributed by atoms with Gasteiger partial charge in [-0.2, -0.15) is 9.78 Å². The van der Waals surface area contributed by atoms with E-state index < -0.39 is 0 Å². The Labute approximate surface area is 154 Å². The van der Waals surface area contributed by atoms with Gasteiger partial charge in [0, 0.05) is 17.9 Å². The van der Waals surface area contributed by atoms with Crippen LogP contribution in [-0.2, 0) is 17.9 Å². The van der Waals surface area contributed by atoms with Gasteiger partial charge in [-0.15, -0.1) is 10.2 Å². The van der Waals surface area contributed by atoms with E-state index in [0.717, 1.165) is 12.8 Å². The molecule has 1 amide bonds. The number of carbonyl (C=O) groups is 1. The topological polar surface area (TPSA) is 112 Å². The fraction of sp³-hybridized carbons (Fsp3) is 0.412. The van der Waals surface area contributed by atoms with Crippen molar-refractivity contribution in [2.45, 2.75) is 44.7 Å². The van der Waals surface area contributed by atoms with E-state index >= 15 is 0 Å². The smallest absolute Gasteiger partial charge is 0.229 e. The summed E-state index contributed by atoms with van der Waals surface area (Å²) >= 11 is 0. The maximum absolute atomic E-state index is 12.9. The van der Waals surface area contributed by atoms with Gasteiger partial charge >= 0.3 is 0 Å². The van der Waals surface area contributed by atoms with Gasteiger partial charge in [-0.3, -0.25) is 4.79 Å². The fourth-order valence-electron chi connectivity index (χ4n) is 2.53. The lowest BCUT2D eigenvalue weighted by Gasteiger charge is -2.02. The van der Waals surface area contributed by atoms with Crippen LogP contribution >= 0.6 is 0 Å². The van der Waals surface area contributed by atoms with Gasteiger partial charge < -0.3 is 9.84 Å². The number of nitrogens with one attached hydrogen (secondary N) is 1. The van der Waals surface area contributed by atoms with Gasteiger partial charge in [-0.1, -0.05) is 5.16 Å². The summed E-state index contributed by atoms with van der Waals surface area (Å²) in [7, 11) is 0. The number of rotatable bonds is 8. The number of amides is 1. The molecule has 1 saturated carbocycles. The van der Waals surface area contributed by atoms with Crippen LogP contribution in [0.25, 0.3) is 11.4 Å². The summed E-state index contributed by atoms with van der Waals surface area (Å²) in [5, 5.41) is 18.8. The molecule has 4 rings (SSSR count). The van der Waals surface area contributed by atoms with Crippen LogP contribution in [0.2, 0.25) is 0 Å². The Bertz CT molecular complexity index is 918. The second kappa shape index (κ2) is 7.60. The van der Waals surface area contributed by atoms with Gasteiger partial charge in [0.15, 0.2) is 5.82 Å². The van der Waals surface area contributed by atoms with Gasteiger partial charge in [0.25, 0.3) is 0 Å². The van der Waals surface area contributed by atoms with Gasteiger partial charge in [0.2, 0.25) is 17.6 Å². The summed E-state index contributed by atoms with van der Waals surface area (Å²) in [5.41, 5.74) is 0.686. The summed E-state index contributed by atoms with van der Waals surface area (Å²) in [5.74, 6) is 1.55. The normalized spacial score (nSPS) is 13.7. The molecule has 1 aliphatic rings. The third-order valence-corrected chi connectivity index (χ3v) is 4.17. The predicted octanol–water partition coefficient (Wildman–Crippen LogP) is 1.84. The second-order valence-corrected chi connectivity index (χ2v) is 6.42. The molecular weight excluding hydrogens is 353 g/mol. The monoisotopic (exact) mass is 371 g/mol. The van der Waals surface area contributed by atoms with E-state index in [1.165, 1.54) is 16.9 Å². The summed E-state index contributed by atoms with van der Waals surface area (Å²) in [6.45, 7) is 0.709. The zero-order valence-electron chi connectivity index (χ0n) is 14.5. The van der Waals surface area contributed by atoms with Gasteiger partial charge in [-0.05, 0) is 48.7 Å². The van der Waals surface area contributed by atoms with Crippen molar-refractivity contribution < 1.29 is 13.7 Å². The summed E-state index contributed by atoms with van der Waals surface area (Å²) in [4.78, 5) is 17.6. The second-order valence-electron chi connectivity index (χ2n) is 6.42. The number of hydrogen-bond acceptors (Lipinski definition) is 7. The van der Waals surface area contributed by atoms with E-state index in [-0.39, 0.29) is 18.3 Å². The van der Waals surface area contributed by atoms with Crippen molar-refractivity contribution in [2.24, 2.45) is 0 Å². The zero-order valence-corrected chi connectivity index (χ0v) is 14.5. The molecule has 0 saturated heterocycles. The Kier molecular flexibility index (Phi) is 4.86. The lowest BCUT2D eigenvalue weighted by Crippen LogP contribution is -2.23. The van der Waals surface area contributed by atoms with E-state index in [0.29, 0.717) is 48.4 Å². The molecule has 3 aromatic rings. The molecule has 140 valence electrons. The molecule has 0 bridgehead atoms. The van der Waals surface area contributed by atoms with E-state index in [9.17, 15) is 9.18 Å². The third kappa shape index (κ3) is 4.52. The van der Waals surface area contributed by atoms with Crippen molar-refractivity contribution in [3.63, 3.8) is 0 Å². The highest BCUT2D eigenvalue weighted by atomic mass is 19.1. The van der Waals surface area contributed by atoms with Crippen LogP contribution in [0.4, 0.5) is 4.39 Å². The highest BCUT2D eigenvalue weighted by Crippen LogP contribution is 2.38. The van der Waals surface area contributed by atoms with Crippen molar-refractivity contribution in [3.8, 4) is 11.4 Å². The van der Waals surface area contributed by atoms with Crippen molar-refractivity contribution in [1.29, 1.82) is 0 Å². The maximum Gasteiger partial charge on any atom is 0.229 e. The number of hydrogen-bond donors (Lipinski definition) is 1. The first-order chi connectivity index (χ1) is 13.2. The van der Waals surface area contributed by atoms with Crippen molar-refractivity contribution in [1.82, 2.24) is 35.7 Å². The number of tetrazole rings is 1. The van der Waals surface area contributed by atoms with Crippen molar-refractivity contribution >= 4 is 5.91 Å². The Morgan fingerprint density at radius 1 is 1.30 bits per heavy atom. The zero-order chi connectivity index (χ0) is 18.6. The average molecular weight is 371 g/mol. The fourth-order valence-corrected chi connectivity index (χ4v) is 2.53. The molecule has 0 radical (unpaired) electrons. The quantitative estimate of drug-likeness (QED) is 0.643. The largest absolute Gasteiger partial charge is 0.349 e. The molecule has 10 heteroatoms. The van der Waals surface area contributed by atoms with Crippen LogP contribution in [0.1, 0.15) is 43.3 Å². The van der Waals surface area contributed by atoms with Crippen LogP contribution in [0, 0.1) is 5.82 Å². The third-order valence-electron chi connectivity index (χ3n) is 4.17. The van der Waals surface area contributed by atoms with Gasteiger partial charge in [0.05, 0.1) is 13.1 Å². The van der Waals surface area contributed by atoms with E-state index in [1.807, 2.05) is 0 Å². The number of halogens is 1. The molecule has 2 aromatic heterocycles. The Balaban J connectivity index is 1.20. The van der Waals surface area contributed by atoms with E-state index in [4.69, 9.17) is 4.52 Å². The number of carbonyl (C=O) groups excluding carboxylic acids is 1. The van der Waals surface area contributed by atoms with Gasteiger partial charge in [-0.25, -0.2) is 4.39 Å². The molecule has 0 aliphatic heterocycles. The number of aromatic nitrogens is 6. The Hall–Kier alpha value is -3.17. The first kappa shape index (κ1) is 17.3. The molecule has 27 heavy (non-hydrogen) atoms. The minimum atomic E-state index is -0.318. The summed E-state index contributed by atoms with van der Waals surface area (Å²) in [6.07, 6.45) is 3.06. The summed E-state index contributed by atoms with van der Waals surface area (Å²) < 4.78 is 18.1. The molecule has 9 nitrogen and oxygen atoms in total. The molecule has 2 heterocycles. The number of benzene rings is 1. The molecule has 0 spiro atoms. The standard InChI is InChI=1S/C17H18FN7O2/c18-13-7-5-11(6-8-13)16-21-24-25(22-16)9-1-2-15(26)19-10-14-20-17(27-23-14)12-3-4-12/h5-8,12H,1-4,9-10H2,(H,19,26).